The SMILES string of the molecule is CCNC(c1ccoc1CC)c1c(OC)cnn1C. The summed E-state index contributed by atoms with van der Waals surface area (Å²) in [5.74, 6) is 1.78. The van der Waals surface area contributed by atoms with Crippen LogP contribution in [0.15, 0.2) is 22.9 Å². The van der Waals surface area contributed by atoms with Gasteiger partial charge in [0.15, 0.2) is 5.75 Å². The van der Waals surface area contributed by atoms with E-state index in [9.17, 15) is 0 Å². The Morgan fingerprint density at radius 3 is 2.89 bits per heavy atom. The van der Waals surface area contributed by atoms with Gasteiger partial charge < -0.3 is 14.5 Å². The van der Waals surface area contributed by atoms with E-state index < -0.39 is 0 Å². The molecule has 5 heteroatoms. The number of hydrogen-bond donors (Lipinski definition) is 1. The second kappa shape index (κ2) is 5.93. The first kappa shape index (κ1) is 13.7. The van der Waals surface area contributed by atoms with Crippen LogP contribution < -0.4 is 10.1 Å². The van der Waals surface area contributed by atoms with Crippen molar-refractivity contribution in [2.45, 2.75) is 26.3 Å². The lowest BCUT2D eigenvalue weighted by molar-refractivity contribution is 0.400. The van der Waals surface area contributed by atoms with Crippen molar-refractivity contribution in [2.24, 2.45) is 7.05 Å². The Hall–Kier alpha value is -1.75. The van der Waals surface area contributed by atoms with Gasteiger partial charge in [0, 0.05) is 19.0 Å². The van der Waals surface area contributed by atoms with Gasteiger partial charge in [0.05, 0.1) is 25.6 Å². The van der Waals surface area contributed by atoms with Gasteiger partial charge in [-0.3, -0.25) is 4.68 Å². The summed E-state index contributed by atoms with van der Waals surface area (Å²) in [6.07, 6.45) is 4.34. The Labute approximate surface area is 113 Å². The average Bonchev–Trinajstić information content (AvgIpc) is 3.02. The zero-order chi connectivity index (χ0) is 13.8. The van der Waals surface area contributed by atoms with E-state index >= 15 is 0 Å². The zero-order valence-electron chi connectivity index (χ0n) is 11.9. The van der Waals surface area contributed by atoms with Crippen molar-refractivity contribution in [3.8, 4) is 5.75 Å². The summed E-state index contributed by atoms with van der Waals surface area (Å²) in [5.41, 5.74) is 2.16. The van der Waals surface area contributed by atoms with E-state index in [1.165, 1.54) is 0 Å². The van der Waals surface area contributed by atoms with Crippen LogP contribution in [0.2, 0.25) is 0 Å². The van der Waals surface area contributed by atoms with Crippen molar-refractivity contribution in [1.82, 2.24) is 15.1 Å². The van der Waals surface area contributed by atoms with Crippen molar-refractivity contribution < 1.29 is 9.15 Å². The number of nitrogens with zero attached hydrogens (tertiary/aromatic N) is 2. The van der Waals surface area contributed by atoms with Crippen LogP contribution in [0.5, 0.6) is 5.75 Å². The summed E-state index contributed by atoms with van der Waals surface area (Å²) >= 11 is 0. The van der Waals surface area contributed by atoms with Gasteiger partial charge >= 0.3 is 0 Å². The van der Waals surface area contributed by atoms with Crippen LogP contribution in [-0.4, -0.2) is 23.4 Å². The maximum atomic E-state index is 5.54. The van der Waals surface area contributed by atoms with E-state index in [-0.39, 0.29) is 6.04 Å². The molecule has 2 aromatic rings. The third-order valence-electron chi connectivity index (χ3n) is 3.26. The highest BCUT2D eigenvalue weighted by Crippen LogP contribution is 2.31. The lowest BCUT2D eigenvalue weighted by Gasteiger charge is -2.19. The molecule has 0 aliphatic carbocycles. The van der Waals surface area contributed by atoms with Gasteiger partial charge in [-0.05, 0) is 12.6 Å². The van der Waals surface area contributed by atoms with Crippen LogP contribution in [0.25, 0.3) is 0 Å². The lowest BCUT2D eigenvalue weighted by Crippen LogP contribution is -2.25. The Bertz CT molecular complexity index is 531. The van der Waals surface area contributed by atoms with Crippen molar-refractivity contribution in [1.29, 1.82) is 0 Å². The molecule has 2 heterocycles. The lowest BCUT2D eigenvalue weighted by atomic mass is 10.0. The zero-order valence-corrected chi connectivity index (χ0v) is 11.9. The fraction of sp³-hybridized carbons (Fsp3) is 0.500. The summed E-state index contributed by atoms with van der Waals surface area (Å²) in [6, 6.07) is 2.04. The minimum atomic E-state index is 0.0288. The van der Waals surface area contributed by atoms with E-state index in [0.717, 1.165) is 35.7 Å². The fourth-order valence-corrected chi connectivity index (χ4v) is 2.37. The van der Waals surface area contributed by atoms with E-state index in [1.54, 1.807) is 19.6 Å². The van der Waals surface area contributed by atoms with Crippen molar-refractivity contribution >= 4 is 0 Å². The standard InChI is InChI=1S/C14H21N3O2/c1-5-11-10(7-8-19-11)13(15-6-2)14-12(18-4)9-16-17(14)3/h7-9,13,15H,5-6H2,1-4H3. The molecule has 1 N–H and O–H groups in total. The molecule has 0 spiro atoms. The third-order valence-corrected chi connectivity index (χ3v) is 3.26. The minimum Gasteiger partial charge on any atom is -0.493 e. The van der Waals surface area contributed by atoms with Gasteiger partial charge in [0.1, 0.15) is 11.5 Å². The molecule has 19 heavy (non-hydrogen) atoms. The van der Waals surface area contributed by atoms with Gasteiger partial charge in [-0.15, -0.1) is 0 Å². The Balaban J connectivity index is 2.48. The molecule has 0 bridgehead atoms. The Morgan fingerprint density at radius 1 is 1.47 bits per heavy atom. The van der Waals surface area contributed by atoms with Gasteiger partial charge in [0.25, 0.3) is 0 Å². The molecule has 1 unspecified atom stereocenters. The Morgan fingerprint density at radius 2 is 2.26 bits per heavy atom. The Kier molecular flexibility index (Phi) is 4.27. The van der Waals surface area contributed by atoms with Crippen LogP contribution in [0.3, 0.4) is 0 Å². The summed E-state index contributed by atoms with van der Waals surface area (Å²) in [6.45, 7) is 5.03. The molecule has 1 atom stereocenters. The fourth-order valence-electron chi connectivity index (χ4n) is 2.37. The van der Waals surface area contributed by atoms with Crippen LogP contribution in [0.1, 0.15) is 36.9 Å². The van der Waals surface area contributed by atoms with Gasteiger partial charge in [-0.2, -0.15) is 5.10 Å². The monoisotopic (exact) mass is 263 g/mol. The first-order valence-electron chi connectivity index (χ1n) is 6.58. The molecule has 5 nitrogen and oxygen atoms in total. The minimum absolute atomic E-state index is 0.0288. The van der Waals surface area contributed by atoms with Crippen LogP contribution >= 0.6 is 0 Å². The summed E-state index contributed by atoms with van der Waals surface area (Å²) in [7, 11) is 3.59. The molecule has 0 aliphatic heterocycles. The molecule has 2 aromatic heterocycles. The molecule has 0 amide bonds. The molecule has 2 rings (SSSR count). The topological polar surface area (TPSA) is 52.2 Å². The first-order chi connectivity index (χ1) is 9.22. The molecular weight excluding hydrogens is 242 g/mol. The summed E-state index contributed by atoms with van der Waals surface area (Å²) in [5, 5.41) is 7.75. The van der Waals surface area contributed by atoms with E-state index in [4.69, 9.17) is 9.15 Å². The van der Waals surface area contributed by atoms with Crippen LogP contribution in [-0.2, 0) is 13.5 Å². The smallest absolute Gasteiger partial charge is 0.161 e. The van der Waals surface area contributed by atoms with Crippen molar-refractivity contribution in [3.63, 3.8) is 0 Å². The predicted molar refractivity (Wildman–Crippen MR) is 73.4 cm³/mol. The number of hydrogen-bond acceptors (Lipinski definition) is 4. The van der Waals surface area contributed by atoms with Crippen LogP contribution in [0.4, 0.5) is 0 Å². The largest absolute Gasteiger partial charge is 0.493 e. The second-order valence-corrected chi connectivity index (χ2v) is 4.37. The van der Waals surface area contributed by atoms with Gasteiger partial charge in [-0.25, -0.2) is 0 Å². The average molecular weight is 263 g/mol. The molecule has 0 aliphatic rings. The number of ether oxygens (including phenoxy) is 1. The number of aryl methyl sites for hydroxylation is 2. The number of aromatic nitrogens is 2. The van der Waals surface area contributed by atoms with Crippen LogP contribution in [0, 0.1) is 0 Å². The molecule has 0 fully saturated rings. The maximum absolute atomic E-state index is 5.54. The van der Waals surface area contributed by atoms with E-state index in [0.29, 0.717) is 0 Å². The normalized spacial score (nSPS) is 12.6. The number of furan rings is 1. The first-order valence-corrected chi connectivity index (χ1v) is 6.58. The molecule has 0 saturated carbocycles. The summed E-state index contributed by atoms with van der Waals surface area (Å²) in [4.78, 5) is 0. The number of rotatable bonds is 6. The molecule has 0 radical (unpaired) electrons. The highest BCUT2D eigenvalue weighted by Gasteiger charge is 2.24. The predicted octanol–water partition coefficient (Wildman–Crippen LogP) is 2.28. The molecular formula is C14H21N3O2. The third kappa shape index (κ3) is 2.51. The number of methoxy groups -OCH3 is 1. The van der Waals surface area contributed by atoms with E-state index in [1.807, 2.05) is 17.8 Å². The molecule has 0 aromatic carbocycles. The van der Waals surface area contributed by atoms with Gasteiger partial charge in [-0.1, -0.05) is 13.8 Å². The summed E-state index contributed by atoms with van der Waals surface area (Å²) < 4.78 is 12.8. The second-order valence-electron chi connectivity index (χ2n) is 4.37. The number of nitrogens with one attached hydrogen (secondary N) is 1. The highest BCUT2D eigenvalue weighted by molar-refractivity contribution is 5.37. The van der Waals surface area contributed by atoms with E-state index in [2.05, 4.69) is 24.3 Å². The van der Waals surface area contributed by atoms with Crippen molar-refractivity contribution in [2.75, 3.05) is 13.7 Å². The molecule has 0 saturated heterocycles. The highest BCUT2D eigenvalue weighted by atomic mass is 16.5. The van der Waals surface area contributed by atoms with Crippen molar-refractivity contribution in [3.05, 3.63) is 35.5 Å². The quantitative estimate of drug-likeness (QED) is 0.868. The van der Waals surface area contributed by atoms with Gasteiger partial charge in [0.2, 0.25) is 0 Å². The maximum Gasteiger partial charge on any atom is 0.161 e. The molecule has 104 valence electrons.